The minimum absolute atomic E-state index is 0.0203. The second kappa shape index (κ2) is 8.38. The molecule has 0 bridgehead atoms. The first kappa shape index (κ1) is 16.3. The first-order chi connectivity index (χ1) is 9.83. The molecule has 0 amide bonds. The van der Waals surface area contributed by atoms with Crippen molar-refractivity contribution < 1.29 is 10.2 Å². The van der Waals surface area contributed by atoms with Crippen LogP contribution in [-0.2, 0) is 0 Å². The van der Waals surface area contributed by atoms with Crippen LogP contribution in [0.3, 0.4) is 0 Å². The molecule has 0 aromatic carbocycles. The van der Waals surface area contributed by atoms with E-state index >= 15 is 0 Å². The Balaban J connectivity index is 2.16. The van der Waals surface area contributed by atoms with Gasteiger partial charge in [-0.2, -0.15) is 0 Å². The monoisotopic (exact) mass is 282 g/mol. The predicted octanol–water partition coefficient (Wildman–Crippen LogP) is 4.29. The fraction of sp³-hybridized carbons (Fsp3) is 1.00. The molecule has 2 unspecified atom stereocenters. The van der Waals surface area contributed by atoms with Gasteiger partial charge in [-0.05, 0) is 37.5 Å². The van der Waals surface area contributed by atoms with Gasteiger partial charge in [-0.1, -0.05) is 57.8 Å². The van der Waals surface area contributed by atoms with Crippen LogP contribution in [0.1, 0.15) is 83.5 Å². The molecule has 2 rings (SSSR count). The third kappa shape index (κ3) is 3.76. The van der Waals surface area contributed by atoms with E-state index in [9.17, 15) is 10.2 Å². The van der Waals surface area contributed by atoms with Crippen molar-refractivity contribution in [3.05, 3.63) is 0 Å². The zero-order chi connectivity index (χ0) is 14.3. The van der Waals surface area contributed by atoms with E-state index in [0.717, 1.165) is 12.8 Å². The van der Waals surface area contributed by atoms with Crippen LogP contribution < -0.4 is 0 Å². The Hall–Kier alpha value is -0.0800. The van der Waals surface area contributed by atoms with E-state index in [4.69, 9.17) is 0 Å². The molecule has 0 heterocycles. The zero-order valence-electron chi connectivity index (χ0n) is 13.2. The minimum Gasteiger partial charge on any atom is -0.396 e. The first-order valence-electron chi connectivity index (χ1n) is 9.05. The van der Waals surface area contributed by atoms with Gasteiger partial charge in [0.05, 0.1) is 0 Å². The van der Waals surface area contributed by atoms with Gasteiger partial charge in [0.2, 0.25) is 0 Å². The van der Waals surface area contributed by atoms with E-state index in [1.165, 1.54) is 70.6 Å². The molecule has 0 aromatic rings. The smallest absolute Gasteiger partial charge is 0.0493 e. The first-order valence-corrected chi connectivity index (χ1v) is 9.05. The van der Waals surface area contributed by atoms with Crippen molar-refractivity contribution in [2.45, 2.75) is 83.5 Å². The Morgan fingerprint density at radius 2 is 1.25 bits per heavy atom. The van der Waals surface area contributed by atoms with Crippen molar-refractivity contribution in [3.63, 3.8) is 0 Å². The highest BCUT2D eigenvalue weighted by Crippen LogP contribution is 2.48. The van der Waals surface area contributed by atoms with Crippen LogP contribution >= 0.6 is 0 Å². The van der Waals surface area contributed by atoms with Gasteiger partial charge in [-0.25, -0.2) is 0 Å². The Kier molecular flexibility index (Phi) is 6.83. The molecule has 20 heavy (non-hydrogen) atoms. The Labute approximate surface area is 125 Å². The lowest BCUT2D eigenvalue weighted by molar-refractivity contribution is -0.0478. The molecule has 2 fully saturated rings. The molecule has 0 spiro atoms. The third-order valence-electron chi connectivity index (χ3n) is 6.19. The summed E-state index contributed by atoms with van der Waals surface area (Å²) in [5.74, 6) is 0.972. The Bertz CT molecular complexity index is 258. The van der Waals surface area contributed by atoms with Crippen molar-refractivity contribution >= 4 is 0 Å². The summed E-state index contributed by atoms with van der Waals surface area (Å²) in [6.45, 7) is 0.569. The van der Waals surface area contributed by atoms with Crippen molar-refractivity contribution in [1.29, 1.82) is 0 Å². The van der Waals surface area contributed by atoms with Gasteiger partial charge in [0.1, 0.15) is 0 Å². The zero-order valence-corrected chi connectivity index (χ0v) is 13.2. The lowest BCUT2D eigenvalue weighted by atomic mass is 9.59. The highest BCUT2D eigenvalue weighted by atomic mass is 16.3. The average Bonchev–Trinajstić information content (AvgIpc) is 2.40. The summed E-state index contributed by atoms with van der Waals surface area (Å²) < 4.78 is 0. The van der Waals surface area contributed by atoms with E-state index in [0.29, 0.717) is 18.4 Å². The number of hydrogen-bond donors (Lipinski definition) is 2. The molecule has 0 aromatic heterocycles. The SMILES string of the molecule is OCC1CCCCCCC1(CO)C1CCCCCCC1. The molecule has 0 radical (unpaired) electrons. The van der Waals surface area contributed by atoms with Crippen LogP contribution in [0.4, 0.5) is 0 Å². The summed E-state index contributed by atoms with van der Waals surface area (Å²) in [6, 6.07) is 0. The van der Waals surface area contributed by atoms with Gasteiger partial charge in [0.25, 0.3) is 0 Å². The van der Waals surface area contributed by atoms with Crippen LogP contribution in [0.2, 0.25) is 0 Å². The van der Waals surface area contributed by atoms with E-state index < -0.39 is 0 Å². The van der Waals surface area contributed by atoms with Gasteiger partial charge < -0.3 is 10.2 Å². The molecule has 2 nitrogen and oxygen atoms in total. The summed E-state index contributed by atoms with van der Waals surface area (Å²) in [5.41, 5.74) is 0.0203. The molecule has 2 heteroatoms. The summed E-state index contributed by atoms with van der Waals surface area (Å²) in [6.07, 6.45) is 16.7. The summed E-state index contributed by atoms with van der Waals surface area (Å²) in [5, 5.41) is 20.2. The van der Waals surface area contributed by atoms with Crippen LogP contribution in [0, 0.1) is 17.3 Å². The lowest BCUT2D eigenvalue weighted by Gasteiger charge is -2.47. The molecular formula is C18H34O2. The maximum Gasteiger partial charge on any atom is 0.0493 e. The molecule has 2 atom stereocenters. The normalized spacial score (nSPS) is 34.8. The van der Waals surface area contributed by atoms with E-state index in [1.54, 1.807) is 0 Å². The lowest BCUT2D eigenvalue weighted by Crippen LogP contribution is -2.44. The molecule has 0 saturated heterocycles. The molecule has 2 aliphatic rings. The average molecular weight is 282 g/mol. The van der Waals surface area contributed by atoms with Crippen LogP contribution in [0.15, 0.2) is 0 Å². The molecule has 2 saturated carbocycles. The van der Waals surface area contributed by atoms with E-state index in [1.807, 2.05) is 0 Å². The van der Waals surface area contributed by atoms with Crippen molar-refractivity contribution in [1.82, 2.24) is 0 Å². The third-order valence-corrected chi connectivity index (χ3v) is 6.19. The summed E-state index contributed by atoms with van der Waals surface area (Å²) >= 11 is 0. The van der Waals surface area contributed by atoms with Gasteiger partial charge >= 0.3 is 0 Å². The molecule has 2 aliphatic carbocycles. The summed E-state index contributed by atoms with van der Waals surface area (Å²) in [7, 11) is 0. The van der Waals surface area contributed by atoms with Crippen molar-refractivity contribution in [2.24, 2.45) is 17.3 Å². The maximum atomic E-state index is 10.3. The second-order valence-electron chi connectivity index (χ2n) is 7.27. The molecule has 0 aliphatic heterocycles. The predicted molar refractivity (Wildman–Crippen MR) is 83.6 cm³/mol. The van der Waals surface area contributed by atoms with Gasteiger partial charge in [-0.3, -0.25) is 0 Å². The topological polar surface area (TPSA) is 40.5 Å². The number of aliphatic hydroxyl groups is 2. The van der Waals surface area contributed by atoms with Crippen LogP contribution in [0.25, 0.3) is 0 Å². The van der Waals surface area contributed by atoms with Gasteiger partial charge in [0, 0.05) is 18.6 Å². The van der Waals surface area contributed by atoms with E-state index in [-0.39, 0.29) is 12.0 Å². The number of hydrogen-bond acceptors (Lipinski definition) is 2. The van der Waals surface area contributed by atoms with Crippen molar-refractivity contribution in [2.75, 3.05) is 13.2 Å². The number of rotatable bonds is 3. The molecule has 118 valence electrons. The standard InChI is InChI=1S/C18H34O2/c19-14-17-12-8-4-5-9-13-18(17,15-20)16-10-6-2-1-3-7-11-16/h16-17,19-20H,1-15H2. The minimum atomic E-state index is 0.0203. The molecular weight excluding hydrogens is 248 g/mol. The number of aliphatic hydroxyl groups excluding tert-OH is 2. The van der Waals surface area contributed by atoms with E-state index in [2.05, 4.69) is 0 Å². The fourth-order valence-electron chi connectivity index (χ4n) is 4.87. The fourth-order valence-corrected chi connectivity index (χ4v) is 4.87. The highest BCUT2D eigenvalue weighted by Gasteiger charge is 2.43. The Morgan fingerprint density at radius 3 is 1.85 bits per heavy atom. The quantitative estimate of drug-likeness (QED) is 0.810. The van der Waals surface area contributed by atoms with Gasteiger partial charge in [0.15, 0.2) is 0 Å². The summed E-state index contributed by atoms with van der Waals surface area (Å²) in [4.78, 5) is 0. The maximum absolute atomic E-state index is 10.3. The van der Waals surface area contributed by atoms with Crippen LogP contribution in [-0.4, -0.2) is 23.4 Å². The van der Waals surface area contributed by atoms with Crippen LogP contribution in [0.5, 0.6) is 0 Å². The Morgan fingerprint density at radius 1 is 0.700 bits per heavy atom. The molecule has 2 N–H and O–H groups in total. The van der Waals surface area contributed by atoms with Gasteiger partial charge in [-0.15, -0.1) is 0 Å². The van der Waals surface area contributed by atoms with Crippen molar-refractivity contribution in [3.8, 4) is 0 Å². The largest absolute Gasteiger partial charge is 0.396 e. The highest BCUT2D eigenvalue weighted by molar-refractivity contribution is 4.93. The second-order valence-corrected chi connectivity index (χ2v) is 7.27.